The second-order valence-electron chi connectivity index (χ2n) is 6.86. The number of carbonyl (C=O) groups excluding carboxylic acids is 1. The maximum Gasteiger partial charge on any atom is 0.341 e. The van der Waals surface area contributed by atoms with Gasteiger partial charge in [0.05, 0.1) is 17.6 Å². The van der Waals surface area contributed by atoms with Crippen LogP contribution in [0.15, 0.2) is 24.3 Å². The van der Waals surface area contributed by atoms with Gasteiger partial charge in [-0.15, -0.1) is 11.3 Å². The van der Waals surface area contributed by atoms with Crippen molar-refractivity contribution in [1.29, 1.82) is 0 Å². The van der Waals surface area contributed by atoms with Crippen LogP contribution in [0.1, 0.15) is 27.7 Å². The number of benzene rings is 1. The molecule has 0 unspecified atom stereocenters. The van der Waals surface area contributed by atoms with Crippen molar-refractivity contribution in [3.05, 3.63) is 50.4 Å². The van der Waals surface area contributed by atoms with Crippen molar-refractivity contribution in [3.63, 3.8) is 0 Å². The standard InChI is InChI=1S/C20H24N4O4S2/c1-4-16-13(2)30-18(17(16)19(25)28-3)21-20(29)23-11-9-22(10-12-23)14-5-7-15(8-6-14)24(26)27/h5-8H,4,9-12H2,1-3H3,(H,21,29). The largest absolute Gasteiger partial charge is 0.465 e. The van der Waals surface area contributed by atoms with Crippen molar-refractivity contribution < 1.29 is 14.5 Å². The zero-order valence-electron chi connectivity index (χ0n) is 17.1. The minimum absolute atomic E-state index is 0.0851. The molecule has 0 atom stereocenters. The van der Waals surface area contributed by atoms with E-state index in [0.29, 0.717) is 23.8 Å². The first kappa shape index (κ1) is 22.0. The van der Waals surface area contributed by atoms with Crippen LogP contribution in [0, 0.1) is 17.0 Å². The second-order valence-corrected chi connectivity index (χ2v) is 8.48. The lowest BCUT2D eigenvalue weighted by Crippen LogP contribution is -2.50. The van der Waals surface area contributed by atoms with E-state index >= 15 is 0 Å². The number of carbonyl (C=O) groups is 1. The summed E-state index contributed by atoms with van der Waals surface area (Å²) in [6.07, 6.45) is 0.745. The van der Waals surface area contributed by atoms with Crippen LogP contribution in [0.5, 0.6) is 0 Å². The van der Waals surface area contributed by atoms with Crippen molar-refractivity contribution in [1.82, 2.24) is 4.90 Å². The Morgan fingerprint density at radius 2 is 1.90 bits per heavy atom. The molecule has 1 aliphatic rings. The smallest absolute Gasteiger partial charge is 0.341 e. The highest BCUT2D eigenvalue weighted by Gasteiger charge is 2.25. The summed E-state index contributed by atoms with van der Waals surface area (Å²) in [4.78, 5) is 28.0. The molecule has 3 rings (SSSR count). The minimum atomic E-state index is -0.398. The van der Waals surface area contributed by atoms with Gasteiger partial charge >= 0.3 is 5.97 Å². The Balaban J connectivity index is 1.65. The molecule has 0 amide bonds. The number of hydrogen-bond donors (Lipinski definition) is 1. The van der Waals surface area contributed by atoms with Gasteiger partial charge < -0.3 is 19.9 Å². The summed E-state index contributed by atoms with van der Waals surface area (Å²) in [5.74, 6) is -0.357. The van der Waals surface area contributed by atoms with Crippen LogP contribution >= 0.6 is 23.6 Å². The first-order chi connectivity index (χ1) is 14.3. The summed E-state index contributed by atoms with van der Waals surface area (Å²) in [6, 6.07) is 6.58. The fraction of sp³-hybridized carbons (Fsp3) is 0.400. The predicted molar refractivity (Wildman–Crippen MR) is 123 cm³/mol. The number of thiocarbonyl (C=S) groups is 1. The molecule has 0 bridgehead atoms. The number of aryl methyl sites for hydroxylation is 1. The molecule has 30 heavy (non-hydrogen) atoms. The Bertz CT molecular complexity index is 950. The molecule has 1 aromatic heterocycles. The van der Waals surface area contributed by atoms with E-state index in [1.54, 1.807) is 12.1 Å². The zero-order valence-corrected chi connectivity index (χ0v) is 18.8. The van der Waals surface area contributed by atoms with Gasteiger partial charge in [0.2, 0.25) is 0 Å². The molecule has 1 saturated heterocycles. The molecule has 0 spiro atoms. The van der Waals surface area contributed by atoms with Crippen LogP contribution in [0.3, 0.4) is 0 Å². The third-order valence-corrected chi connectivity index (χ3v) is 6.59. The number of rotatable bonds is 5. The number of methoxy groups -OCH3 is 1. The van der Waals surface area contributed by atoms with Crippen molar-refractivity contribution in [2.45, 2.75) is 20.3 Å². The van der Waals surface area contributed by atoms with Gasteiger partial charge in [-0.2, -0.15) is 0 Å². The number of thiophene rings is 1. The summed E-state index contributed by atoms with van der Waals surface area (Å²) in [5.41, 5.74) is 2.59. The molecule has 0 aliphatic carbocycles. The Morgan fingerprint density at radius 1 is 1.27 bits per heavy atom. The summed E-state index contributed by atoms with van der Waals surface area (Å²) in [6.45, 7) is 6.91. The van der Waals surface area contributed by atoms with E-state index in [0.717, 1.165) is 40.6 Å². The van der Waals surface area contributed by atoms with E-state index < -0.39 is 4.92 Å². The highest BCUT2D eigenvalue weighted by atomic mass is 32.1. The number of nitrogens with one attached hydrogen (secondary N) is 1. The molecule has 2 heterocycles. The molecule has 2 aromatic rings. The van der Waals surface area contributed by atoms with Gasteiger partial charge in [-0.1, -0.05) is 6.92 Å². The lowest BCUT2D eigenvalue weighted by atomic mass is 10.1. The molecular weight excluding hydrogens is 424 g/mol. The molecule has 1 aromatic carbocycles. The molecular formula is C20H24N4O4S2. The van der Waals surface area contributed by atoms with E-state index in [4.69, 9.17) is 17.0 Å². The summed E-state index contributed by atoms with van der Waals surface area (Å²) >= 11 is 7.12. The third-order valence-electron chi connectivity index (χ3n) is 5.17. The van der Waals surface area contributed by atoms with Gasteiger partial charge in [0.25, 0.3) is 5.69 Å². The van der Waals surface area contributed by atoms with Gasteiger partial charge in [-0.25, -0.2) is 4.79 Å². The number of non-ortho nitro benzene ring substituents is 1. The summed E-state index contributed by atoms with van der Waals surface area (Å²) < 4.78 is 4.97. The topological polar surface area (TPSA) is 88.0 Å². The van der Waals surface area contributed by atoms with E-state index in [2.05, 4.69) is 15.1 Å². The third kappa shape index (κ3) is 4.54. The first-order valence-corrected chi connectivity index (χ1v) is 10.8. The number of hydrogen-bond acceptors (Lipinski definition) is 7. The number of nitro benzene ring substituents is 1. The number of nitrogens with zero attached hydrogens (tertiary/aromatic N) is 3. The number of ether oxygens (including phenoxy) is 1. The SMILES string of the molecule is CCc1c(C)sc(NC(=S)N2CCN(c3ccc([N+](=O)[O-])cc3)CC2)c1C(=O)OC. The van der Waals surface area contributed by atoms with Crippen LogP contribution in [-0.2, 0) is 11.2 Å². The maximum absolute atomic E-state index is 12.3. The molecule has 0 saturated carbocycles. The minimum Gasteiger partial charge on any atom is -0.465 e. The average Bonchev–Trinajstić information content (AvgIpc) is 3.07. The van der Waals surface area contributed by atoms with Crippen molar-refractivity contribution in [2.75, 3.05) is 43.5 Å². The quantitative estimate of drug-likeness (QED) is 0.320. The van der Waals surface area contributed by atoms with Gasteiger partial charge in [0.1, 0.15) is 5.00 Å². The van der Waals surface area contributed by atoms with Gasteiger partial charge in [-0.05, 0) is 43.3 Å². The van der Waals surface area contributed by atoms with E-state index in [9.17, 15) is 14.9 Å². The van der Waals surface area contributed by atoms with Crippen molar-refractivity contribution in [3.8, 4) is 0 Å². The van der Waals surface area contributed by atoms with Crippen molar-refractivity contribution >= 4 is 51.0 Å². The van der Waals surface area contributed by atoms with E-state index in [1.165, 1.54) is 30.6 Å². The molecule has 0 radical (unpaired) electrons. The normalized spacial score (nSPS) is 13.8. The fourth-order valence-electron chi connectivity index (χ4n) is 3.54. The number of esters is 1. The summed E-state index contributed by atoms with van der Waals surface area (Å²) in [5, 5.41) is 15.4. The first-order valence-electron chi connectivity index (χ1n) is 9.61. The Morgan fingerprint density at radius 3 is 2.43 bits per heavy atom. The maximum atomic E-state index is 12.3. The molecule has 1 fully saturated rings. The second kappa shape index (κ2) is 9.40. The van der Waals surface area contributed by atoms with Crippen LogP contribution in [-0.4, -0.2) is 54.2 Å². The average molecular weight is 449 g/mol. The lowest BCUT2D eigenvalue weighted by Gasteiger charge is -2.37. The number of piperazine rings is 1. The monoisotopic (exact) mass is 448 g/mol. The molecule has 160 valence electrons. The number of anilines is 2. The Hall–Kier alpha value is -2.72. The van der Waals surface area contributed by atoms with Gasteiger partial charge in [0, 0.05) is 48.9 Å². The van der Waals surface area contributed by atoms with Crippen LogP contribution in [0.4, 0.5) is 16.4 Å². The predicted octanol–water partition coefficient (Wildman–Crippen LogP) is 3.83. The lowest BCUT2D eigenvalue weighted by molar-refractivity contribution is -0.384. The van der Waals surface area contributed by atoms with Crippen molar-refractivity contribution in [2.24, 2.45) is 0 Å². The molecule has 10 heteroatoms. The highest BCUT2D eigenvalue weighted by molar-refractivity contribution is 7.80. The summed E-state index contributed by atoms with van der Waals surface area (Å²) in [7, 11) is 1.38. The molecule has 8 nitrogen and oxygen atoms in total. The Labute approximate surface area is 184 Å². The van der Waals surface area contributed by atoms with E-state index in [1.807, 2.05) is 13.8 Å². The zero-order chi connectivity index (χ0) is 21.8. The van der Waals surface area contributed by atoms with Gasteiger partial charge in [-0.3, -0.25) is 10.1 Å². The fourth-order valence-corrected chi connectivity index (χ4v) is 5.02. The van der Waals surface area contributed by atoms with Crippen LogP contribution < -0.4 is 10.2 Å². The van der Waals surface area contributed by atoms with Crippen LogP contribution in [0.2, 0.25) is 0 Å². The Kier molecular flexibility index (Phi) is 6.88. The van der Waals surface area contributed by atoms with Gasteiger partial charge in [0.15, 0.2) is 5.11 Å². The molecule has 1 aliphatic heterocycles. The van der Waals surface area contributed by atoms with Crippen LogP contribution in [0.25, 0.3) is 0 Å². The molecule has 1 N–H and O–H groups in total. The number of nitro groups is 1. The van der Waals surface area contributed by atoms with E-state index in [-0.39, 0.29) is 11.7 Å². The highest BCUT2D eigenvalue weighted by Crippen LogP contribution is 2.34.